The number of fused-ring (bicyclic) bond motifs is 2. The number of amides is 1. The number of nitrogens with one attached hydrogen (secondary N) is 1. The molecule has 6 heteroatoms. The zero-order chi connectivity index (χ0) is 22.1. The summed E-state index contributed by atoms with van der Waals surface area (Å²) in [6, 6.07) is 23.2. The summed E-state index contributed by atoms with van der Waals surface area (Å²) < 4.78 is 20.4. The molecule has 5 rings (SSSR count). The molecule has 32 heavy (non-hydrogen) atoms. The number of hydrogen-bond donors (Lipinski definition) is 1. The lowest BCUT2D eigenvalue weighted by Crippen LogP contribution is -2.12. The van der Waals surface area contributed by atoms with Crippen molar-refractivity contribution in [3.05, 3.63) is 102 Å². The van der Waals surface area contributed by atoms with Crippen molar-refractivity contribution in [2.75, 3.05) is 12.4 Å². The number of nitrogens with zero attached hydrogens (tertiary/aromatic N) is 2. The molecule has 0 spiro atoms. The molecule has 5 aromatic rings. The first-order valence-electron chi connectivity index (χ1n) is 10.2. The lowest BCUT2D eigenvalue weighted by atomic mass is 10.0. The molecule has 0 aliphatic rings. The highest BCUT2D eigenvalue weighted by atomic mass is 19.1. The third-order valence-corrected chi connectivity index (χ3v) is 5.42. The van der Waals surface area contributed by atoms with Crippen LogP contribution in [0.1, 0.15) is 15.9 Å². The predicted molar refractivity (Wildman–Crippen MR) is 124 cm³/mol. The second-order valence-electron chi connectivity index (χ2n) is 7.54. The van der Waals surface area contributed by atoms with Crippen LogP contribution >= 0.6 is 0 Å². The van der Waals surface area contributed by atoms with E-state index < -0.39 is 0 Å². The van der Waals surface area contributed by atoms with Crippen LogP contribution in [0, 0.1) is 5.82 Å². The molecular weight excluding hydrogens is 405 g/mol. The van der Waals surface area contributed by atoms with Gasteiger partial charge in [0.25, 0.3) is 5.91 Å². The summed E-state index contributed by atoms with van der Waals surface area (Å²) in [4.78, 5) is 13.0. The van der Waals surface area contributed by atoms with Crippen molar-refractivity contribution in [1.82, 2.24) is 9.78 Å². The van der Waals surface area contributed by atoms with Crippen molar-refractivity contribution in [3.8, 4) is 5.75 Å². The van der Waals surface area contributed by atoms with Crippen LogP contribution in [0.15, 0.2) is 85.1 Å². The van der Waals surface area contributed by atoms with Gasteiger partial charge in [0.05, 0.1) is 19.2 Å². The summed E-state index contributed by atoms with van der Waals surface area (Å²) in [6.07, 6.45) is 1.91. The van der Waals surface area contributed by atoms with Crippen molar-refractivity contribution >= 4 is 33.3 Å². The van der Waals surface area contributed by atoms with E-state index in [4.69, 9.17) is 4.74 Å². The monoisotopic (exact) mass is 425 g/mol. The number of aromatic nitrogens is 2. The van der Waals surface area contributed by atoms with E-state index in [1.54, 1.807) is 36.1 Å². The minimum atomic E-state index is -0.260. The number of halogens is 1. The summed E-state index contributed by atoms with van der Waals surface area (Å²) in [5.74, 6) is 0.276. The van der Waals surface area contributed by atoms with Crippen LogP contribution in [0.3, 0.4) is 0 Å². The lowest BCUT2D eigenvalue weighted by Gasteiger charge is -2.11. The van der Waals surface area contributed by atoms with Gasteiger partial charge in [0.1, 0.15) is 11.6 Å². The standard InChI is InChI=1S/C26H20FN3O2/c1-32-25-13-11-23(21-4-2-3-5-22(21)25)26(31)28-20-10-12-24-18(14-20)16-30(29-24)15-17-6-8-19(27)9-7-17/h2-14,16H,15H2,1H3,(H,28,31). The maximum Gasteiger partial charge on any atom is 0.256 e. The van der Waals surface area contributed by atoms with E-state index >= 15 is 0 Å². The smallest absolute Gasteiger partial charge is 0.256 e. The molecule has 1 amide bonds. The summed E-state index contributed by atoms with van der Waals surface area (Å²) in [5, 5.41) is 10.2. The fraction of sp³-hybridized carbons (Fsp3) is 0.0769. The molecular formula is C26H20FN3O2. The number of benzene rings is 4. The van der Waals surface area contributed by atoms with Crippen LogP contribution in [-0.2, 0) is 6.54 Å². The first-order chi connectivity index (χ1) is 15.6. The molecule has 158 valence electrons. The normalized spacial score (nSPS) is 11.1. The second-order valence-corrected chi connectivity index (χ2v) is 7.54. The van der Waals surface area contributed by atoms with E-state index in [0.717, 1.165) is 33.0 Å². The zero-order valence-corrected chi connectivity index (χ0v) is 17.4. The van der Waals surface area contributed by atoms with E-state index in [0.29, 0.717) is 17.8 Å². The molecule has 0 bridgehead atoms. The maximum absolute atomic E-state index is 13.1. The van der Waals surface area contributed by atoms with Crippen LogP contribution in [0.5, 0.6) is 5.75 Å². The fourth-order valence-electron chi connectivity index (χ4n) is 3.86. The number of hydrogen-bond acceptors (Lipinski definition) is 3. The molecule has 0 aliphatic carbocycles. The molecule has 0 fully saturated rings. The molecule has 5 nitrogen and oxygen atoms in total. The minimum Gasteiger partial charge on any atom is -0.496 e. The Balaban J connectivity index is 1.40. The van der Waals surface area contributed by atoms with E-state index in [2.05, 4.69) is 10.4 Å². The molecule has 0 atom stereocenters. The Morgan fingerprint density at radius 1 is 1.00 bits per heavy atom. The first kappa shape index (κ1) is 19.8. The highest BCUT2D eigenvalue weighted by Crippen LogP contribution is 2.29. The van der Waals surface area contributed by atoms with Crippen molar-refractivity contribution in [1.29, 1.82) is 0 Å². The highest BCUT2D eigenvalue weighted by molar-refractivity contribution is 6.14. The second kappa shape index (κ2) is 8.15. The topological polar surface area (TPSA) is 56.1 Å². The Morgan fingerprint density at radius 3 is 2.56 bits per heavy atom. The highest BCUT2D eigenvalue weighted by Gasteiger charge is 2.13. The van der Waals surface area contributed by atoms with Crippen LogP contribution in [0.4, 0.5) is 10.1 Å². The first-order valence-corrected chi connectivity index (χ1v) is 10.2. The van der Waals surface area contributed by atoms with Gasteiger partial charge >= 0.3 is 0 Å². The molecule has 1 N–H and O–H groups in total. The number of ether oxygens (including phenoxy) is 1. The van der Waals surface area contributed by atoms with Crippen LogP contribution in [0.25, 0.3) is 21.7 Å². The fourth-order valence-corrected chi connectivity index (χ4v) is 3.86. The Morgan fingerprint density at radius 2 is 1.78 bits per heavy atom. The largest absolute Gasteiger partial charge is 0.496 e. The number of methoxy groups -OCH3 is 1. The third-order valence-electron chi connectivity index (χ3n) is 5.42. The third kappa shape index (κ3) is 3.78. The van der Waals surface area contributed by atoms with Crippen molar-refractivity contribution in [2.24, 2.45) is 0 Å². The molecule has 0 aliphatic heterocycles. The molecule has 0 unspecified atom stereocenters. The van der Waals surface area contributed by atoms with Crippen LogP contribution < -0.4 is 10.1 Å². The Hall–Kier alpha value is -4.19. The van der Waals surface area contributed by atoms with Crippen LogP contribution in [0.2, 0.25) is 0 Å². The van der Waals surface area contributed by atoms with Gasteiger partial charge in [-0.3, -0.25) is 9.48 Å². The van der Waals surface area contributed by atoms with Gasteiger partial charge in [-0.2, -0.15) is 5.10 Å². The molecule has 1 aromatic heterocycles. The maximum atomic E-state index is 13.1. The van der Waals surface area contributed by atoms with Gasteiger partial charge in [0, 0.05) is 28.2 Å². The summed E-state index contributed by atoms with van der Waals surface area (Å²) in [5.41, 5.74) is 3.04. The van der Waals surface area contributed by atoms with Crippen LogP contribution in [-0.4, -0.2) is 22.8 Å². The number of anilines is 1. The van der Waals surface area contributed by atoms with Crippen molar-refractivity contribution in [2.45, 2.75) is 6.54 Å². The van der Waals surface area contributed by atoms with Gasteiger partial charge in [0.2, 0.25) is 0 Å². The van der Waals surface area contributed by atoms with Gasteiger partial charge in [-0.05, 0) is 53.4 Å². The molecule has 0 saturated heterocycles. The molecule has 4 aromatic carbocycles. The molecule has 0 radical (unpaired) electrons. The Labute approximate surface area is 184 Å². The number of carbonyl (C=O) groups is 1. The summed E-state index contributed by atoms with van der Waals surface area (Å²) >= 11 is 0. The average molecular weight is 425 g/mol. The summed E-state index contributed by atoms with van der Waals surface area (Å²) in [7, 11) is 1.62. The minimum absolute atomic E-state index is 0.193. The van der Waals surface area contributed by atoms with Gasteiger partial charge in [-0.15, -0.1) is 0 Å². The lowest BCUT2D eigenvalue weighted by molar-refractivity contribution is 0.102. The van der Waals surface area contributed by atoms with Gasteiger partial charge in [0.15, 0.2) is 0 Å². The van der Waals surface area contributed by atoms with Gasteiger partial charge in [-0.25, -0.2) is 4.39 Å². The van der Waals surface area contributed by atoms with Crippen molar-refractivity contribution < 1.29 is 13.9 Å². The summed E-state index contributed by atoms with van der Waals surface area (Å²) in [6.45, 7) is 0.536. The average Bonchev–Trinajstić information content (AvgIpc) is 3.21. The van der Waals surface area contributed by atoms with E-state index in [-0.39, 0.29) is 11.7 Å². The van der Waals surface area contributed by atoms with E-state index in [1.165, 1.54) is 12.1 Å². The van der Waals surface area contributed by atoms with E-state index in [9.17, 15) is 9.18 Å². The van der Waals surface area contributed by atoms with Gasteiger partial charge in [-0.1, -0.05) is 36.4 Å². The number of carbonyl (C=O) groups excluding carboxylic acids is 1. The molecule has 0 saturated carbocycles. The Kier molecular flexibility index (Phi) is 5.03. The SMILES string of the molecule is COc1ccc(C(=O)Nc2ccc3nn(Cc4ccc(F)cc4)cc3c2)c2ccccc12. The number of rotatable bonds is 5. The predicted octanol–water partition coefficient (Wildman–Crippen LogP) is 5.64. The Bertz CT molecular complexity index is 1440. The van der Waals surface area contributed by atoms with E-state index in [1.807, 2.05) is 48.7 Å². The van der Waals surface area contributed by atoms with Gasteiger partial charge < -0.3 is 10.1 Å². The zero-order valence-electron chi connectivity index (χ0n) is 17.4. The quantitative estimate of drug-likeness (QED) is 0.397. The van der Waals surface area contributed by atoms with Crippen molar-refractivity contribution in [3.63, 3.8) is 0 Å². The molecule has 1 heterocycles.